The number of ether oxygens (including phenoxy) is 2. The highest BCUT2D eigenvalue weighted by atomic mass is 19.4. The van der Waals surface area contributed by atoms with E-state index in [2.05, 4.69) is 15.4 Å². The zero-order chi connectivity index (χ0) is 26.9. The van der Waals surface area contributed by atoms with Crippen LogP contribution in [0.1, 0.15) is 59.9 Å². The van der Waals surface area contributed by atoms with E-state index in [0.29, 0.717) is 27.1 Å². The van der Waals surface area contributed by atoms with Gasteiger partial charge in [-0.05, 0) is 42.7 Å². The summed E-state index contributed by atoms with van der Waals surface area (Å²) in [5, 5.41) is 6.65. The third kappa shape index (κ3) is 5.23. The standard InChI is InChI=1S/C27H27F3N4O3/c1-15(2)17-6-8-18(9-7-17)22-13-24(27(28,29)30)34-25(33-22)21(14-31-34)26(35)32-16(3)20-12-19(36-4)10-11-23(20)37-5/h6-16H,1-5H3,(H,32,35). The number of methoxy groups -OCH3 is 2. The monoisotopic (exact) mass is 512 g/mol. The third-order valence-electron chi connectivity index (χ3n) is 6.13. The summed E-state index contributed by atoms with van der Waals surface area (Å²) < 4.78 is 53.2. The molecule has 0 saturated heterocycles. The quantitative estimate of drug-likeness (QED) is 0.326. The Hall–Kier alpha value is -4.08. The summed E-state index contributed by atoms with van der Waals surface area (Å²) in [6.07, 6.45) is -3.62. The molecule has 2 aromatic heterocycles. The van der Waals surface area contributed by atoms with E-state index in [4.69, 9.17) is 9.47 Å². The van der Waals surface area contributed by atoms with Crippen molar-refractivity contribution in [2.45, 2.75) is 38.9 Å². The van der Waals surface area contributed by atoms with Crippen LogP contribution < -0.4 is 14.8 Å². The maximum atomic E-state index is 14.0. The molecular formula is C27H27F3N4O3. The fourth-order valence-electron chi connectivity index (χ4n) is 4.04. The molecule has 4 aromatic rings. The Kier molecular flexibility index (Phi) is 7.11. The fraction of sp³-hybridized carbons (Fsp3) is 0.296. The van der Waals surface area contributed by atoms with E-state index in [0.717, 1.165) is 17.8 Å². The Balaban J connectivity index is 1.75. The highest BCUT2D eigenvalue weighted by Crippen LogP contribution is 2.34. The van der Waals surface area contributed by atoms with Crippen molar-refractivity contribution in [3.63, 3.8) is 0 Å². The lowest BCUT2D eigenvalue weighted by Gasteiger charge is -2.18. The number of alkyl halides is 3. The van der Waals surface area contributed by atoms with Gasteiger partial charge in [0.2, 0.25) is 0 Å². The van der Waals surface area contributed by atoms with Crippen LogP contribution in [0.2, 0.25) is 0 Å². The summed E-state index contributed by atoms with van der Waals surface area (Å²) in [7, 11) is 3.02. The van der Waals surface area contributed by atoms with Crippen LogP contribution in [0.15, 0.2) is 54.7 Å². The largest absolute Gasteiger partial charge is 0.497 e. The second kappa shape index (κ2) is 10.1. The lowest BCUT2D eigenvalue weighted by molar-refractivity contribution is -0.142. The molecule has 0 aliphatic rings. The normalized spacial score (nSPS) is 12.6. The van der Waals surface area contributed by atoms with E-state index < -0.39 is 23.8 Å². The molecule has 194 valence electrons. The molecule has 37 heavy (non-hydrogen) atoms. The van der Waals surface area contributed by atoms with E-state index in [1.165, 1.54) is 14.2 Å². The molecule has 0 bridgehead atoms. The average molecular weight is 513 g/mol. The van der Waals surface area contributed by atoms with Gasteiger partial charge in [0.25, 0.3) is 5.91 Å². The summed E-state index contributed by atoms with van der Waals surface area (Å²) in [6.45, 7) is 5.79. The van der Waals surface area contributed by atoms with Crippen molar-refractivity contribution < 1.29 is 27.4 Å². The Morgan fingerprint density at radius 2 is 1.70 bits per heavy atom. The first kappa shape index (κ1) is 26.0. The molecule has 0 spiro atoms. The van der Waals surface area contributed by atoms with Gasteiger partial charge in [-0.1, -0.05) is 38.1 Å². The number of aromatic nitrogens is 3. The molecule has 1 N–H and O–H groups in total. The van der Waals surface area contributed by atoms with Gasteiger partial charge >= 0.3 is 6.18 Å². The number of halogens is 3. The number of benzene rings is 2. The number of carbonyl (C=O) groups excluding carboxylic acids is 1. The molecule has 2 aromatic carbocycles. The van der Waals surface area contributed by atoms with Crippen LogP contribution in [0.25, 0.3) is 16.9 Å². The first-order valence-corrected chi connectivity index (χ1v) is 11.6. The molecule has 0 saturated carbocycles. The second-order valence-corrected chi connectivity index (χ2v) is 8.90. The Bertz CT molecular complexity index is 1430. The van der Waals surface area contributed by atoms with Gasteiger partial charge < -0.3 is 14.8 Å². The van der Waals surface area contributed by atoms with E-state index >= 15 is 0 Å². The summed E-state index contributed by atoms with van der Waals surface area (Å²) in [5.74, 6) is 0.737. The number of carbonyl (C=O) groups is 1. The van der Waals surface area contributed by atoms with Crippen molar-refractivity contribution in [1.29, 1.82) is 0 Å². The minimum Gasteiger partial charge on any atom is -0.497 e. The van der Waals surface area contributed by atoms with Crippen LogP contribution in [0.5, 0.6) is 11.5 Å². The molecule has 0 radical (unpaired) electrons. The van der Waals surface area contributed by atoms with E-state index in [-0.39, 0.29) is 22.8 Å². The van der Waals surface area contributed by atoms with Crippen molar-refractivity contribution in [2.75, 3.05) is 14.2 Å². The van der Waals surface area contributed by atoms with Crippen molar-refractivity contribution in [3.05, 3.63) is 77.1 Å². The molecule has 0 fully saturated rings. The molecule has 1 atom stereocenters. The maximum Gasteiger partial charge on any atom is 0.433 e. The van der Waals surface area contributed by atoms with E-state index in [1.807, 2.05) is 26.0 Å². The molecular weight excluding hydrogens is 485 g/mol. The molecule has 4 rings (SSSR count). The number of nitrogens with zero attached hydrogens (tertiary/aromatic N) is 3. The molecule has 10 heteroatoms. The van der Waals surface area contributed by atoms with Crippen molar-refractivity contribution in [3.8, 4) is 22.8 Å². The first-order valence-electron chi connectivity index (χ1n) is 11.6. The summed E-state index contributed by atoms with van der Waals surface area (Å²) in [5.41, 5.74) is 0.974. The zero-order valence-electron chi connectivity index (χ0n) is 21.1. The minimum absolute atomic E-state index is 0.0835. The molecule has 0 aliphatic carbocycles. The number of hydrogen-bond acceptors (Lipinski definition) is 5. The first-order chi connectivity index (χ1) is 17.5. The number of nitrogens with one attached hydrogen (secondary N) is 1. The summed E-state index contributed by atoms with van der Waals surface area (Å²) in [6, 6.07) is 12.7. The average Bonchev–Trinajstić information content (AvgIpc) is 3.31. The Morgan fingerprint density at radius 3 is 2.30 bits per heavy atom. The lowest BCUT2D eigenvalue weighted by Crippen LogP contribution is -2.27. The molecule has 0 aliphatic heterocycles. The fourth-order valence-corrected chi connectivity index (χ4v) is 4.04. The predicted molar refractivity (Wildman–Crippen MR) is 133 cm³/mol. The molecule has 7 nitrogen and oxygen atoms in total. The second-order valence-electron chi connectivity index (χ2n) is 8.90. The van der Waals surface area contributed by atoms with Crippen LogP contribution in [0, 0.1) is 0 Å². The smallest absolute Gasteiger partial charge is 0.433 e. The van der Waals surface area contributed by atoms with Crippen LogP contribution in [-0.4, -0.2) is 34.7 Å². The van der Waals surface area contributed by atoms with Crippen molar-refractivity contribution in [1.82, 2.24) is 19.9 Å². The van der Waals surface area contributed by atoms with Crippen LogP contribution >= 0.6 is 0 Å². The Labute approximate surface area is 212 Å². The van der Waals surface area contributed by atoms with Gasteiger partial charge in [-0.3, -0.25) is 4.79 Å². The molecule has 2 heterocycles. The highest BCUT2D eigenvalue weighted by molar-refractivity contribution is 6.00. The summed E-state index contributed by atoms with van der Waals surface area (Å²) in [4.78, 5) is 17.6. The third-order valence-corrected chi connectivity index (χ3v) is 6.13. The van der Waals surface area contributed by atoms with Crippen molar-refractivity contribution in [2.24, 2.45) is 0 Å². The minimum atomic E-state index is -4.71. The van der Waals surface area contributed by atoms with Gasteiger partial charge in [-0.25, -0.2) is 9.50 Å². The summed E-state index contributed by atoms with van der Waals surface area (Å²) >= 11 is 0. The van der Waals surface area contributed by atoms with Crippen LogP contribution in [-0.2, 0) is 6.18 Å². The number of rotatable bonds is 7. The lowest BCUT2D eigenvalue weighted by atomic mass is 10.0. The number of fused-ring (bicyclic) bond motifs is 1. The number of amides is 1. The highest BCUT2D eigenvalue weighted by Gasteiger charge is 2.36. The number of hydrogen-bond donors (Lipinski definition) is 1. The van der Waals surface area contributed by atoms with Crippen molar-refractivity contribution >= 4 is 11.6 Å². The SMILES string of the molecule is COc1ccc(OC)c(C(C)NC(=O)c2cnn3c(C(F)(F)F)cc(-c4ccc(C(C)C)cc4)nc23)c1. The molecule has 1 unspecified atom stereocenters. The Morgan fingerprint density at radius 1 is 1.00 bits per heavy atom. The van der Waals surface area contributed by atoms with Gasteiger partial charge in [0, 0.05) is 11.1 Å². The van der Waals surface area contributed by atoms with E-state index in [1.54, 1.807) is 37.3 Å². The van der Waals surface area contributed by atoms with Gasteiger partial charge in [0.1, 0.15) is 17.1 Å². The van der Waals surface area contributed by atoms with Gasteiger partial charge in [0.05, 0.1) is 32.2 Å². The maximum absolute atomic E-state index is 14.0. The predicted octanol–water partition coefficient (Wildman–Crippen LogP) is 6.05. The van der Waals surface area contributed by atoms with E-state index in [9.17, 15) is 18.0 Å². The van der Waals surface area contributed by atoms with Gasteiger partial charge in [-0.15, -0.1) is 0 Å². The van der Waals surface area contributed by atoms with Gasteiger partial charge in [0.15, 0.2) is 11.3 Å². The molecule has 1 amide bonds. The topological polar surface area (TPSA) is 77.8 Å². The van der Waals surface area contributed by atoms with Crippen LogP contribution in [0.4, 0.5) is 13.2 Å². The zero-order valence-corrected chi connectivity index (χ0v) is 21.1. The van der Waals surface area contributed by atoms with Gasteiger partial charge in [-0.2, -0.15) is 18.3 Å². The van der Waals surface area contributed by atoms with Crippen LogP contribution in [0.3, 0.4) is 0 Å².